The molecule has 1 aliphatic heterocycles. The van der Waals surface area contributed by atoms with Gasteiger partial charge < -0.3 is 5.73 Å². The van der Waals surface area contributed by atoms with E-state index in [0.717, 1.165) is 0 Å². The van der Waals surface area contributed by atoms with Crippen molar-refractivity contribution in [3.63, 3.8) is 0 Å². The number of aliphatic imine (C=N–C) groups is 1. The van der Waals surface area contributed by atoms with Gasteiger partial charge in [-0.3, -0.25) is 0 Å². The summed E-state index contributed by atoms with van der Waals surface area (Å²) in [7, 11) is 0. The Labute approximate surface area is 42.0 Å². The molecular weight excluding hydrogens is 88.1 g/mol. The van der Waals surface area contributed by atoms with Crippen LogP contribution in [0.15, 0.2) is 23.3 Å². The van der Waals surface area contributed by atoms with E-state index in [4.69, 9.17) is 5.73 Å². The average Bonchev–Trinajstić information content (AvgIpc) is 1.69. The molecule has 0 amide bonds. The molecule has 0 atom stereocenters. The zero-order valence-corrected chi connectivity index (χ0v) is 3.76. The van der Waals surface area contributed by atoms with Gasteiger partial charge in [-0.25, -0.2) is 0 Å². The molecule has 0 unspecified atom stereocenters. The monoisotopic (exact) mass is 93.0 g/mol. The number of nitrogens with zero attached hydrogens (tertiary/aromatic N) is 1. The second kappa shape index (κ2) is 1.54. The lowest BCUT2D eigenvalue weighted by molar-refractivity contribution is 1.47. The lowest BCUT2D eigenvalue weighted by atomic mass is 10.4. The summed E-state index contributed by atoms with van der Waals surface area (Å²) in [5.74, 6) is 0.516. The molecule has 0 saturated carbocycles. The van der Waals surface area contributed by atoms with Crippen molar-refractivity contribution in [1.29, 1.82) is 0 Å². The largest absolute Gasteiger partial charge is 0.331 e. The van der Waals surface area contributed by atoms with E-state index in [2.05, 4.69) is 11.1 Å². The van der Waals surface area contributed by atoms with E-state index in [1.54, 1.807) is 18.4 Å². The van der Waals surface area contributed by atoms with Crippen molar-refractivity contribution < 1.29 is 0 Å². The van der Waals surface area contributed by atoms with Crippen LogP contribution in [-0.2, 0) is 0 Å². The highest BCUT2D eigenvalue weighted by Crippen LogP contribution is 1.85. The molecule has 0 spiro atoms. The molecule has 2 N–H and O–H groups in total. The van der Waals surface area contributed by atoms with E-state index in [1.807, 2.05) is 0 Å². The van der Waals surface area contributed by atoms with Crippen LogP contribution in [0.4, 0.5) is 0 Å². The molecule has 0 aromatic carbocycles. The second-order valence-electron chi connectivity index (χ2n) is 1.18. The summed E-state index contributed by atoms with van der Waals surface area (Å²) in [5.41, 5.74) is 5.22. The third-order valence-electron chi connectivity index (χ3n) is 0.626. The Hall–Kier alpha value is -1.14. The molecule has 0 aromatic rings. The summed E-state index contributed by atoms with van der Waals surface area (Å²) in [5, 5.41) is 0. The molecule has 0 radical (unpaired) electrons. The van der Waals surface area contributed by atoms with Crippen LogP contribution in [0.5, 0.6) is 0 Å². The van der Waals surface area contributed by atoms with E-state index >= 15 is 0 Å². The fourth-order valence-corrected chi connectivity index (χ4v) is 0.337. The Morgan fingerprint density at radius 2 is 2.57 bits per heavy atom. The molecule has 0 bridgehead atoms. The lowest BCUT2D eigenvalue weighted by Gasteiger charge is -1.76. The maximum Gasteiger partial charge on any atom is 0.239 e. The minimum Gasteiger partial charge on any atom is -0.331 e. The lowest BCUT2D eigenvalue weighted by Crippen LogP contribution is -2.07. The van der Waals surface area contributed by atoms with E-state index in [0.29, 0.717) is 5.84 Å². The van der Waals surface area contributed by atoms with Crippen LogP contribution in [0.1, 0.15) is 0 Å². The van der Waals surface area contributed by atoms with Crippen molar-refractivity contribution in [2.45, 2.75) is 0 Å². The summed E-state index contributed by atoms with van der Waals surface area (Å²) < 4.78 is 0. The van der Waals surface area contributed by atoms with E-state index in [-0.39, 0.29) is 0 Å². The molecule has 1 rings (SSSR count). The summed E-state index contributed by atoms with van der Waals surface area (Å²) >= 11 is 0. The quantitative estimate of drug-likeness (QED) is 0.428. The maximum absolute atomic E-state index is 5.22. The first-order valence-electron chi connectivity index (χ1n) is 1.97. The number of allylic oxidation sites excluding steroid dienone is 2. The number of hydrogen-bond donors (Lipinski definition) is 1. The summed E-state index contributed by atoms with van der Waals surface area (Å²) in [6.07, 6.45) is 7.71. The summed E-state index contributed by atoms with van der Waals surface area (Å²) in [4.78, 5) is 3.73. The van der Waals surface area contributed by atoms with Crippen molar-refractivity contribution in [2.75, 3.05) is 0 Å². The topological polar surface area (TPSA) is 38.4 Å². The molecule has 1 heterocycles. The van der Waals surface area contributed by atoms with Crippen molar-refractivity contribution in [3.8, 4) is 0 Å². The minimum absolute atomic E-state index is 0.516. The fraction of sp³-hybridized carbons (Fsp3) is 0. The third kappa shape index (κ3) is 0.845. The number of nitrogens with two attached hydrogens (primary N) is 1. The van der Waals surface area contributed by atoms with Crippen LogP contribution in [0.25, 0.3) is 0 Å². The van der Waals surface area contributed by atoms with Gasteiger partial charge in [-0.05, 0) is 0 Å². The highest BCUT2D eigenvalue weighted by atomic mass is 14.8. The zero-order valence-electron chi connectivity index (χ0n) is 3.76. The molecule has 0 aliphatic carbocycles. The van der Waals surface area contributed by atoms with Gasteiger partial charge in [0.1, 0.15) is 18.4 Å². The van der Waals surface area contributed by atoms with E-state index in [9.17, 15) is 0 Å². The predicted octanol–water partition coefficient (Wildman–Crippen LogP) is 0.230. The number of rotatable bonds is 0. The maximum atomic E-state index is 5.22. The van der Waals surface area contributed by atoms with Gasteiger partial charge in [0.05, 0.1) is 0 Å². The smallest absolute Gasteiger partial charge is 0.239 e. The molecule has 2 nitrogen and oxygen atoms in total. The molecule has 0 aromatic heterocycles. The van der Waals surface area contributed by atoms with Gasteiger partial charge in [0.15, 0.2) is 0 Å². The normalized spacial score (nSPS) is 15.7. The Kier molecular flexibility index (Phi) is 0.886. The van der Waals surface area contributed by atoms with Gasteiger partial charge in [-0.1, -0.05) is 0 Å². The van der Waals surface area contributed by atoms with Crippen molar-refractivity contribution in [3.05, 3.63) is 24.4 Å². The van der Waals surface area contributed by atoms with Crippen LogP contribution < -0.4 is 5.73 Å². The zero-order chi connectivity index (χ0) is 5.11. The Bertz CT molecular complexity index is 142. The molecule has 7 heavy (non-hydrogen) atoms. The van der Waals surface area contributed by atoms with Crippen LogP contribution in [0, 0.1) is 6.08 Å². The van der Waals surface area contributed by atoms with Crippen molar-refractivity contribution in [1.82, 2.24) is 0 Å². The average molecular weight is 93.1 g/mol. The highest BCUT2D eigenvalue weighted by Gasteiger charge is 1.93. The van der Waals surface area contributed by atoms with Gasteiger partial charge in [0.2, 0.25) is 5.84 Å². The van der Waals surface area contributed by atoms with Gasteiger partial charge in [-0.2, -0.15) is 0 Å². The van der Waals surface area contributed by atoms with Gasteiger partial charge in [0, 0.05) is 6.08 Å². The standard InChI is InChI=1S/C5H5N2/c6-5-3-1-2-4-7-5/h2-4H,(H2,6,7)/q+1. The van der Waals surface area contributed by atoms with Gasteiger partial charge in [-0.15, -0.1) is 4.99 Å². The first kappa shape index (κ1) is 4.03. The van der Waals surface area contributed by atoms with Gasteiger partial charge in [0.25, 0.3) is 0 Å². The molecule has 0 saturated heterocycles. The first-order chi connectivity index (χ1) is 3.39. The fourth-order valence-electron chi connectivity index (χ4n) is 0.337. The summed E-state index contributed by atoms with van der Waals surface area (Å²) in [6.45, 7) is 0. The molecule has 1 aliphatic rings. The number of amidine groups is 1. The second-order valence-corrected chi connectivity index (χ2v) is 1.18. The molecule has 0 fully saturated rings. The number of hydrogen-bond acceptors (Lipinski definition) is 2. The minimum atomic E-state index is 0.516. The predicted molar refractivity (Wildman–Crippen MR) is 28.6 cm³/mol. The van der Waals surface area contributed by atoms with Crippen molar-refractivity contribution >= 4 is 5.84 Å². The van der Waals surface area contributed by atoms with Crippen molar-refractivity contribution in [2.24, 2.45) is 10.7 Å². The van der Waals surface area contributed by atoms with Crippen LogP contribution in [0.3, 0.4) is 0 Å². The SMILES string of the molecule is NC1=NC=C[C+]=C1. The Morgan fingerprint density at radius 1 is 1.71 bits per heavy atom. The van der Waals surface area contributed by atoms with Crippen LogP contribution in [-0.4, -0.2) is 5.84 Å². The van der Waals surface area contributed by atoms with E-state index in [1.165, 1.54) is 0 Å². The Balaban J connectivity index is 2.82. The molecular formula is C5H5N2+. The Morgan fingerprint density at radius 3 is 2.86 bits per heavy atom. The van der Waals surface area contributed by atoms with Crippen LogP contribution in [0.2, 0.25) is 0 Å². The molecule has 2 heteroatoms. The van der Waals surface area contributed by atoms with Gasteiger partial charge >= 0.3 is 0 Å². The van der Waals surface area contributed by atoms with Crippen LogP contribution >= 0.6 is 0 Å². The third-order valence-corrected chi connectivity index (χ3v) is 0.626. The highest BCUT2D eigenvalue weighted by molar-refractivity contribution is 5.92. The summed E-state index contributed by atoms with van der Waals surface area (Å²) in [6, 6.07) is 0. The molecule has 34 valence electrons. The van der Waals surface area contributed by atoms with E-state index < -0.39 is 0 Å². The first-order valence-corrected chi connectivity index (χ1v) is 1.97.